The van der Waals surface area contributed by atoms with Gasteiger partial charge < -0.3 is 15.2 Å². The molecule has 3 heterocycles. The molecule has 0 radical (unpaired) electrons. The summed E-state index contributed by atoms with van der Waals surface area (Å²) in [5.41, 5.74) is 0.571. The van der Waals surface area contributed by atoms with Gasteiger partial charge in [-0.25, -0.2) is 13.8 Å². The van der Waals surface area contributed by atoms with Gasteiger partial charge in [0.15, 0.2) is 28.6 Å². The number of aromatic nitrogens is 4. The van der Waals surface area contributed by atoms with Crippen molar-refractivity contribution in [3.63, 3.8) is 0 Å². The minimum absolute atomic E-state index is 0.0822. The first-order chi connectivity index (χ1) is 11.6. The minimum atomic E-state index is -1.04. The molecule has 124 valence electrons. The average Bonchev–Trinajstić information content (AvgIpc) is 3.20. The number of nitrogens with one attached hydrogen (secondary N) is 1. The molecule has 1 unspecified atom stereocenters. The fraction of sp³-hybridized carbons (Fsp3) is 0.267. The number of hydrogen-bond donors (Lipinski definition) is 2. The van der Waals surface area contributed by atoms with Gasteiger partial charge in [-0.1, -0.05) is 6.07 Å². The number of aromatic hydroxyl groups is 1. The van der Waals surface area contributed by atoms with Crippen LogP contribution in [0.15, 0.2) is 24.5 Å². The van der Waals surface area contributed by atoms with Crippen LogP contribution in [0.25, 0.3) is 11.2 Å². The molecule has 1 aliphatic rings. The Morgan fingerprint density at radius 1 is 1.29 bits per heavy atom. The quantitative estimate of drug-likeness (QED) is 0.767. The second-order valence-electron chi connectivity index (χ2n) is 5.39. The van der Waals surface area contributed by atoms with Gasteiger partial charge in [0.05, 0.1) is 12.0 Å². The summed E-state index contributed by atoms with van der Waals surface area (Å²) < 4.78 is 34.5. The third-order valence-corrected chi connectivity index (χ3v) is 3.83. The van der Waals surface area contributed by atoms with Gasteiger partial charge in [-0.3, -0.25) is 4.57 Å². The van der Waals surface area contributed by atoms with Crippen molar-refractivity contribution in [3.8, 4) is 6.01 Å². The molecule has 9 heteroatoms. The molecule has 1 saturated heterocycles. The van der Waals surface area contributed by atoms with Crippen LogP contribution in [0.1, 0.15) is 19.1 Å². The van der Waals surface area contributed by atoms with E-state index in [1.807, 2.05) is 0 Å². The maximum absolute atomic E-state index is 13.8. The Hall–Kier alpha value is -2.81. The van der Waals surface area contributed by atoms with Crippen molar-refractivity contribution in [2.45, 2.75) is 19.1 Å². The van der Waals surface area contributed by atoms with E-state index in [4.69, 9.17) is 4.74 Å². The smallest absolute Gasteiger partial charge is 0.318 e. The lowest BCUT2D eigenvalue weighted by Gasteiger charge is -2.12. The van der Waals surface area contributed by atoms with Crippen molar-refractivity contribution in [1.29, 1.82) is 0 Å². The topological polar surface area (TPSA) is 85.1 Å². The van der Waals surface area contributed by atoms with Gasteiger partial charge in [0.25, 0.3) is 0 Å². The second-order valence-corrected chi connectivity index (χ2v) is 5.39. The van der Waals surface area contributed by atoms with Crippen molar-refractivity contribution >= 4 is 22.7 Å². The largest absolute Gasteiger partial charge is 0.479 e. The van der Waals surface area contributed by atoms with Crippen LogP contribution in [-0.2, 0) is 4.74 Å². The molecule has 0 spiro atoms. The monoisotopic (exact) mass is 333 g/mol. The summed E-state index contributed by atoms with van der Waals surface area (Å²) in [6.45, 7) is 0.640. The van der Waals surface area contributed by atoms with E-state index in [1.54, 1.807) is 4.57 Å². The van der Waals surface area contributed by atoms with Crippen molar-refractivity contribution in [2.75, 3.05) is 11.9 Å². The maximum Gasteiger partial charge on any atom is 0.318 e. The summed E-state index contributed by atoms with van der Waals surface area (Å²) >= 11 is 0. The van der Waals surface area contributed by atoms with E-state index in [0.29, 0.717) is 17.8 Å². The molecule has 7 nitrogen and oxygen atoms in total. The Bertz CT molecular complexity index is 908. The van der Waals surface area contributed by atoms with E-state index in [0.717, 1.165) is 18.9 Å². The number of imidazole rings is 1. The van der Waals surface area contributed by atoms with E-state index < -0.39 is 17.6 Å². The van der Waals surface area contributed by atoms with Gasteiger partial charge in [0, 0.05) is 6.61 Å². The Morgan fingerprint density at radius 2 is 2.17 bits per heavy atom. The molecule has 0 bridgehead atoms. The molecule has 4 rings (SSSR count). The summed E-state index contributed by atoms with van der Waals surface area (Å²) in [6, 6.07) is 3.24. The molecule has 3 aromatic rings. The van der Waals surface area contributed by atoms with Crippen molar-refractivity contribution in [3.05, 3.63) is 36.2 Å². The first-order valence-electron chi connectivity index (χ1n) is 7.39. The molecule has 1 atom stereocenters. The lowest BCUT2D eigenvalue weighted by molar-refractivity contribution is 0.0592. The second kappa shape index (κ2) is 5.68. The van der Waals surface area contributed by atoms with Crippen LogP contribution in [-0.4, -0.2) is 31.2 Å². The molecule has 0 amide bonds. The lowest BCUT2D eigenvalue weighted by Crippen LogP contribution is -2.07. The zero-order chi connectivity index (χ0) is 16.7. The van der Waals surface area contributed by atoms with Crippen LogP contribution in [0.5, 0.6) is 6.01 Å². The molecule has 1 aromatic carbocycles. The number of hydrogen-bond acceptors (Lipinski definition) is 6. The van der Waals surface area contributed by atoms with Crippen molar-refractivity contribution in [2.24, 2.45) is 0 Å². The average molecular weight is 333 g/mol. The molecule has 1 fully saturated rings. The first kappa shape index (κ1) is 14.8. The predicted molar refractivity (Wildman–Crippen MR) is 80.9 cm³/mol. The molecular formula is C15H13F2N5O2. The zero-order valence-corrected chi connectivity index (χ0v) is 12.4. The number of benzene rings is 1. The number of anilines is 2. The molecule has 0 aliphatic carbocycles. The number of rotatable bonds is 3. The van der Waals surface area contributed by atoms with Gasteiger partial charge in [-0.05, 0) is 25.0 Å². The third kappa shape index (κ3) is 2.42. The number of fused-ring (bicyclic) bond motifs is 1. The van der Waals surface area contributed by atoms with Gasteiger partial charge in [0.2, 0.25) is 0 Å². The summed E-state index contributed by atoms with van der Waals surface area (Å²) in [6.07, 6.45) is 3.03. The van der Waals surface area contributed by atoms with Crippen LogP contribution in [0.3, 0.4) is 0 Å². The fourth-order valence-electron chi connectivity index (χ4n) is 2.71. The highest BCUT2D eigenvalue weighted by atomic mass is 19.2. The van der Waals surface area contributed by atoms with E-state index in [-0.39, 0.29) is 17.7 Å². The zero-order valence-electron chi connectivity index (χ0n) is 12.4. The lowest BCUT2D eigenvalue weighted by atomic mass is 10.3. The number of halogens is 2. The Balaban J connectivity index is 1.79. The normalized spacial score (nSPS) is 17.5. The Kier molecular flexibility index (Phi) is 3.49. The fourth-order valence-corrected chi connectivity index (χ4v) is 2.71. The van der Waals surface area contributed by atoms with Crippen molar-refractivity contribution in [1.82, 2.24) is 19.5 Å². The van der Waals surface area contributed by atoms with Crippen molar-refractivity contribution < 1.29 is 18.6 Å². The Morgan fingerprint density at radius 3 is 2.96 bits per heavy atom. The standard InChI is InChI=1S/C15H13F2N5O2/c16-8-3-1-4-9(11(8)17)19-13-12-14(21-15(23)20-13)22(7-18-12)10-5-2-6-24-10/h1,3-4,7,10H,2,5-6H2,(H2,19,20,21,23). The van der Waals surface area contributed by atoms with Crippen LogP contribution in [0.4, 0.5) is 20.3 Å². The molecular weight excluding hydrogens is 320 g/mol. The third-order valence-electron chi connectivity index (χ3n) is 3.83. The van der Waals surface area contributed by atoms with Crippen LogP contribution >= 0.6 is 0 Å². The maximum atomic E-state index is 13.8. The van der Waals surface area contributed by atoms with Crippen LogP contribution in [0.2, 0.25) is 0 Å². The summed E-state index contributed by atoms with van der Waals surface area (Å²) in [4.78, 5) is 12.0. The highest BCUT2D eigenvalue weighted by molar-refractivity contribution is 5.85. The van der Waals surface area contributed by atoms with Crippen LogP contribution in [0, 0.1) is 11.6 Å². The van der Waals surface area contributed by atoms with E-state index >= 15 is 0 Å². The molecule has 24 heavy (non-hydrogen) atoms. The Labute approximate surface area is 134 Å². The van der Waals surface area contributed by atoms with Gasteiger partial charge in [0.1, 0.15) is 6.23 Å². The highest BCUT2D eigenvalue weighted by Crippen LogP contribution is 2.31. The van der Waals surface area contributed by atoms with Gasteiger partial charge >= 0.3 is 6.01 Å². The van der Waals surface area contributed by atoms with Gasteiger partial charge in [-0.15, -0.1) is 0 Å². The van der Waals surface area contributed by atoms with E-state index in [1.165, 1.54) is 18.5 Å². The first-order valence-corrected chi connectivity index (χ1v) is 7.39. The summed E-state index contributed by atoms with van der Waals surface area (Å²) in [5.74, 6) is -1.94. The predicted octanol–water partition coefficient (Wildman–Crippen LogP) is 2.86. The van der Waals surface area contributed by atoms with E-state index in [2.05, 4.69) is 20.3 Å². The highest BCUT2D eigenvalue weighted by Gasteiger charge is 2.22. The summed E-state index contributed by atoms with van der Waals surface area (Å²) in [5, 5.41) is 12.4. The van der Waals surface area contributed by atoms with Crippen LogP contribution < -0.4 is 5.32 Å². The summed E-state index contributed by atoms with van der Waals surface area (Å²) in [7, 11) is 0. The minimum Gasteiger partial charge on any atom is -0.479 e. The molecule has 1 aliphatic heterocycles. The number of nitrogens with zero attached hydrogens (tertiary/aromatic N) is 4. The van der Waals surface area contributed by atoms with E-state index in [9.17, 15) is 13.9 Å². The number of ether oxygens (including phenoxy) is 1. The SMILES string of the molecule is Oc1nc(Nc2cccc(F)c2F)c2ncn(C3CCCO3)c2n1. The molecule has 0 saturated carbocycles. The van der Waals surface area contributed by atoms with Gasteiger partial charge in [-0.2, -0.15) is 9.97 Å². The molecule has 2 N–H and O–H groups in total. The molecule has 2 aromatic heterocycles.